The summed E-state index contributed by atoms with van der Waals surface area (Å²) in [5.41, 5.74) is 2.14. The lowest BCUT2D eigenvalue weighted by atomic mass is 10.0. The van der Waals surface area contributed by atoms with E-state index in [9.17, 15) is 4.79 Å². The molecule has 2 amide bonds. The number of ether oxygens (including phenoxy) is 2. The normalized spacial score (nSPS) is 14.5. The van der Waals surface area contributed by atoms with Crippen molar-refractivity contribution in [3.05, 3.63) is 59.7 Å². The summed E-state index contributed by atoms with van der Waals surface area (Å²) in [6, 6.07) is 15.5. The van der Waals surface area contributed by atoms with Crippen LogP contribution in [0.4, 0.5) is 4.79 Å². The van der Waals surface area contributed by atoms with Gasteiger partial charge in [0.05, 0.1) is 20.3 Å². The molecule has 0 heterocycles. The number of methoxy groups -OCH3 is 2. The van der Waals surface area contributed by atoms with Gasteiger partial charge >= 0.3 is 6.03 Å². The molecule has 0 aromatic heterocycles. The van der Waals surface area contributed by atoms with Crippen molar-refractivity contribution in [3.8, 4) is 11.5 Å². The molecule has 2 aromatic rings. The van der Waals surface area contributed by atoms with Gasteiger partial charge in [-0.2, -0.15) is 0 Å². The standard InChI is InChI=1S/C20H24N2O3/c1-24-17-9-3-14(4-10-17)13-21-20(23)22-19(15-5-6-15)16-7-11-18(25-2)12-8-16/h3-4,7-12,15,19H,5-6,13H2,1-2H3,(H2,21,22,23). The Labute approximate surface area is 148 Å². The van der Waals surface area contributed by atoms with Gasteiger partial charge in [0.1, 0.15) is 11.5 Å². The third kappa shape index (κ3) is 4.66. The van der Waals surface area contributed by atoms with E-state index in [1.54, 1.807) is 14.2 Å². The van der Waals surface area contributed by atoms with Gasteiger partial charge in [0, 0.05) is 6.54 Å². The first-order valence-electron chi connectivity index (χ1n) is 8.51. The molecule has 0 spiro atoms. The van der Waals surface area contributed by atoms with Gasteiger partial charge in [-0.05, 0) is 54.2 Å². The van der Waals surface area contributed by atoms with Crippen molar-refractivity contribution < 1.29 is 14.3 Å². The Hall–Kier alpha value is -2.69. The van der Waals surface area contributed by atoms with Crippen LogP contribution in [0, 0.1) is 5.92 Å². The summed E-state index contributed by atoms with van der Waals surface area (Å²) in [6.45, 7) is 0.482. The lowest BCUT2D eigenvalue weighted by Crippen LogP contribution is -2.38. The van der Waals surface area contributed by atoms with Crippen LogP contribution in [0.25, 0.3) is 0 Å². The van der Waals surface area contributed by atoms with E-state index >= 15 is 0 Å². The number of urea groups is 1. The van der Waals surface area contributed by atoms with Gasteiger partial charge < -0.3 is 20.1 Å². The highest BCUT2D eigenvalue weighted by atomic mass is 16.5. The second kappa shape index (κ2) is 7.92. The van der Waals surface area contributed by atoms with E-state index in [1.165, 1.54) is 0 Å². The molecule has 0 aliphatic heterocycles. The summed E-state index contributed by atoms with van der Waals surface area (Å²) in [5.74, 6) is 2.14. The third-order valence-electron chi connectivity index (χ3n) is 4.47. The molecule has 1 fully saturated rings. The van der Waals surface area contributed by atoms with Crippen LogP contribution in [0.1, 0.15) is 30.0 Å². The lowest BCUT2D eigenvalue weighted by Gasteiger charge is -2.19. The molecule has 0 radical (unpaired) electrons. The average molecular weight is 340 g/mol. The van der Waals surface area contributed by atoms with Crippen molar-refractivity contribution in [2.75, 3.05) is 14.2 Å². The van der Waals surface area contributed by atoms with Gasteiger partial charge in [-0.25, -0.2) is 4.79 Å². The molecule has 0 bridgehead atoms. The predicted octanol–water partition coefficient (Wildman–Crippen LogP) is 3.65. The summed E-state index contributed by atoms with van der Waals surface area (Å²) < 4.78 is 10.3. The van der Waals surface area contributed by atoms with Crippen molar-refractivity contribution in [1.29, 1.82) is 0 Å². The predicted molar refractivity (Wildman–Crippen MR) is 96.8 cm³/mol. The van der Waals surface area contributed by atoms with E-state index in [1.807, 2.05) is 48.5 Å². The number of carbonyl (C=O) groups excluding carboxylic acids is 1. The molecule has 1 saturated carbocycles. The van der Waals surface area contributed by atoms with E-state index in [0.29, 0.717) is 12.5 Å². The Morgan fingerprint density at radius 2 is 1.56 bits per heavy atom. The molecular formula is C20H24N2O3. The summed E-state index contributed by atoms with van der Waals surface area (Å²) in [7, 11) is 3.29. The maximum Gasteiger partial charge on any atom is 0.315 e. The van der Waals surface area contributed by atoms with Gasteiger partial charge in [0.15, 0.2) is 0 Å². The van der Waals surface area contributed by atoms with Crippen molar-refractivity contribution in [3.63, 3.8) is 0 Å². The SMILES string of the molecule is COc1ccc(CNC(=O)NC(c2ccc(OC)cc2)C2CC2)cc1. The Balaban J connectivity index is 1.56. The first kappa shape index (κ1) is 17.1. The number of rotatable bonds is 7. The topological polar surface area (TPSA) is 59.6 Å². The second-order valence-corrected chi connectivity index (χ2v) is 6.26. The van der Waals surface area contributed by atoms with Crippen LogP contribution in [0.15, 0.2) is 48.5 Å². The van der Waals surface area contributed by atoms with Crippen molar-refractivity contribution in [1.82, 2.24) is 10.6 Å². The van der Waals surface area contributed by atoms with Crippen molar-refractivity contribution in [2.45, 2.75) is 25.4 Å². The Morgan fingerprint density at radius 3 is 2.08 bits per heavy atom. The number of carbonyl (C=O) groups is 1. The van der Waals surface area contributed by atoms with Crippen LogP contribution in [-0.2, 0) is 6.54 Å². The molecule has 5 nitrogen and oxygen atoms in total. The largest absolute Gasteiger partial charge is 0.497 e. The highest BCUT2D eigenvalue weighted by Gasteiger charge is 2.33. The molecule has 5 heteroatoms. The molecular weight excluding hydrogens is 316 g/mol. The van der Waals surface area contributed by atoms with Gasteiger partial charge in [-0.15, -0.1) is 0 Å². The van der Waals surface area contributed by atoms with E-state index in [2.05, 4.69) is 10.6 Å². The van der Waals surface area contributed by atoms with Crippen LogP contribution < -0.4 is 20.1 Å². The molecule has 132 valence electrons. The van der Waals surface area contributed by atoms with E-state index in [0.717, 1.165) is 35.5 Å². The number of benzene rings is 2. The zero-order chi connectivity index (χ0) is 17.6. The zero-order valence-corrected chi connectivity index (χ0v) is 14.6. The Bertz CT molecular complexity index is 694. The van der Waals surface area contributed by atoms with Gasteiger partial charge in [-0.3, -0.25) is 0 Å². The molecule has 1 aliphatic carbocycles. The number of hydrogen-bond acceptors (Lipinski definition) is 3. The minimum atomic E-state index is -0.150. The molecule has 0 saturated heterocycles. The minimum absolute atomic E-state index is 0.0433. The fraction of sp³-hybridized carbons (Fsp3) is 0.350. The summed E-state index contributed by atoms with van der Waals surface area (Å²) >= 11 is 0. The third-order valence-corrected chi connectivity index (χ3v) is 4.47. The summed E-state index contributed by atoms with van der Waals surface area (Å²) in [6.07, 6.45) is 2.30. The monoisotopic (exact) mass is 340 g/mol. The molecule has 1 atom stereocenters. The summed E-state index contributed by atoms with van der Waals surface area (Å²) in [5, 5.41) is 6.04. The lowest BCUT2D eigenvalue weighted by molar-refractivity contribution is 0.235. The van der Waals surface area contributed by atoms with Crippen molar-refractivity contribution in [2.24, 2.45) is 5.92 Å². The quantitative estimate of drug-likeness (QED) is 0.809. The number of amides is 2. The number of hydrogen-bond donors (Lipinski definition) is 2. The van der Waals surface area contributed by atoms with Gasteiger partial charge in [0.25, 0.3) is 0 Å². The Morgan fingerprint density at radius 1 is 1.00 bits per heavy atom. The maximum absolute atomic E-state index is 12.3. The van der Waals surface area contributed by atoms with Crippen LogP contribution in [0.2, 0.25) is 0 Å². The Kier molecular flexibility index (Phi) is 5.43. The maximum atomic E-state index is 12.3. The van der Waals surface area contributed by atoms with Gasteiger partial charge in [-0.1, -0.05) is 24.3 Å². The molecule has 2 N–H and O–H groups in total. The smallest absolute Gasteiger partial charge is 0.315 e. The second-order valence-electron chi connectivity index (χ2n) is 6.26. The molecule has 1 unspecified atom stereocenters. The minimum Gasteiger partial charge on any atom is -0.497 e. The molecule has 3 rings (SSSR count). The fourth-order valence-corrected chi connectivity index (χ4v) is 2.83. The van der Waals surface area contributed by atoms with Crippen LogP contribution in [0.3, 0.4) is 0 Å². The van der Waals surface area contributed by atoms with Crippen molar-refractivity contribution >= 4 is 6.03 Å². The van der Waals surface area contributed by atoms with Gasteiger partial charge in [0.2, 0.25) is 0 Å². The summed E-state index contributed by atoms with van der Waals surface area (Å²) in [4.78, 5) is 12.3. The molecule has 25 heavy (non-hydrogen) atoms. The van der Waals surface area contributed by atoms with Crippen LogP contribution in [0.5, 0.6) is 11.5 Å². The highest BCUT2D eigenvalue weighted by Crippen LogP contribution is 2.41. The van der Waals surface area contributed by atoms with E-state index in [-0.39, 0.29) is 12.1 Å². The molecule has 1 aliphatic rings. The first-order valence-corrected chi connectivity index (χ1v) is 8.51. The zero-order valence-electron chi connectivity index (χ0n) is 14.6. The fourth-order valence-electron chi connectivity index (χ4n) is 2.83. The van der Waals surface area contributed by atoms with Crippen LogP contribution >= 0.6 is 0 Å². The van der Waals surface area contributed by atoms with E-state index < -0.39 is 0 Å². The average Bonchev–Trinajstić information content (AvgIpc) is 3.50. The van der Waals surface area contributed by atoms with Crippen LogP contribution in [-0.4, -0.2) is 20.3 Å². The molecule has 2 aromatic carbocycles. The first-order chi connectivity index (χ1) is 12.2. The highest BCUT2D eigenvalue weighted by molar-refractivity contribution is 5.74. The number of nitrogens with one attached hydrogen (secondary N) is 2. The van der Waals surface area contributed by atoms with E-state index in [4.69, 9.17) is 9.47 Å².